The van der Waals surface area contributed by atoms with Crippen molar-refractivity contribution in [1.29, 1.82) is 0 Å². The number of piperazine rings is 1. The van der Waals surface area contributed by atoms with Gasteiger partial charge in [0.05, 0.1) is 0 Å². The third-order valence-electron chi connectivity index (χ3n) is 3.81. The molecular weight excluding hydrogens is 256 g/mol. The Morgan fingerprint density at radius 1 is 0.857 bits per heavy atom. The molecule has 0 aromatic heterocycles. The van der Waals surface area contributed by atoms with E-state index in [9.17, 15) is 0 Å². The highest BCUT2D eigenvalue weighted by atomic mass is 15.3. The Labute approximate surface area is 134 Å². The zero-order valence-corrected chi connectivity index (χ0v) is 14.6. The maximum Gasteiger partial charge on any atom is 0.0230 e. The quantitative estimate of drug-likeness (QED) is 0.565. The van der Waals surface area contributed by atoms with Gasteiger partial charge in [0.1, 0.15) is 0 Å². The second kappa shape index (κ2) is 8.81. The van der Waals surface area contributed by atoms with Crippen molar-refractivity contribution < 1.29 is 0 Å². The number of unbranched alkanes of at least 4 members (excludes halogenated alkanes) is 2. The Hall–Kier alpha value is -0.520. The first-order valence-electron chi connectivity index (χ1n) is 8.16. The van der Waals surface area contributed by atoms with Crippen molar-refractivity contribution >= 4 is 0 Å². The smallest absolute Gasteiger partial charge is 0.0230 e. The van der Waals surface area contributed by atoms with Gasteiger partial charge in [-0.3, -0.25) is 4.90 Å². The lowest BCUT2D eigenvalue weighted by atomic mass is 9.98. The van der Waals surface area contributed by atoms with Crippen LogP contribution in [0.5, 0.6) is 0 Å². The third kappa shape index (κ3) is 9.17. The highest BCUT2D eigenvalue weighted by Gasteiger charge is 2.25. The van der Waals surface area contributed by atoms with Crippen LogP contribution in [0.3, 0.4) is 0 Å². The minimum absolute atomic E-state index is 0. The van der Waals surface area contributed by atoms with Gasteiger partial charge in [0.15, 0.2) is 0 Å². The average molecular weight is 295 g/mol. The van der Waals surface area contributed by atoms with Gasteiger partial charge in [0.25, 0.3) is 0 Å². The molecule has 0 spiro atoms. The maximum atomic E-state index is 3.31. The average Bonchev–Trinajstić information content (AvgIpc) is 2.32. The molecule has 1 saturated heterocycles. The first-order chi connectivity index (χ1) is 9.18. The maximum absolute atomic E-state index is 3.31. The second-order valence-electron chi connectivity index (χ2n) is 8.01. The molecular formula is C19H38N2. The summed E-state index contributed by atoms with van der Waals surface area (Å²) in [5.41, 5.74) is 0.484. The van der Waals surface area contributed by atoms with Gasteiger partial charge in [-0.25, -0.2) is 0 Å². The van der Waals surface area contributed by atoms with Gasteiger partial charge in [-0.15, -0.1) is 5.92 Å². The molecule has 0 atom stereocenters. The minimum Gasteiger partial charge on any atom is -0.301 e. The van der Waals surface area contributed by atoms with E-state index < -0.39 is 0 Å². The summed E-state index contributed by atoms with van der Waals surface area (Å²) in [6, 6.07) is 0. The van der Waals surface area contributed by atoms with E-state index in [-0.39, 0.29) is 12.8 Å². The van der Waals surface area contributed by atoms with Crippen LogP contribution >= 0.6 is 0 Å². The standard InChI is InChI=1S/C18H34N2.CH4/c1-17(2,3)11-9-7-8-10-12-19-13-15-20(16-14-19)18(4,5)6;/h7-8,10,12-16H2,1-6H3;1H4. The first-order valence-corrected chi connectivity index (χ1v) is 8.16. The number of rotatable bonds is 4. The predicted molar refractivity (Wildman–Crippen MR) is 95.6 cm³/mol. The zero-order valence-electron chi connectivity index (χ0n) is 14.6. The molecule has 1 rings (SSSR count). The molecule has 1 aliphatic heterocycles. The van der Waals surface area contributed by atoms with E-state index in [2.05, 4.69) is 63.2 Å². The summed E-state index contributed by atoms with van der Waals surface area (Å²) in [5.74, 6) is 6.63. The van der Waals surface area contributed by atoms with Gasteiger partial charge in [-0.2, -0.15) is 0 Å². The summed E-state index contributed by atoms with van der Waals surface area (Å²) >= 11 is 0. The van der Waals surface area contributed by atoms with Crippen molar-refractivity contribution in [1.82, 2.24) is 9.80 Å². The normalized spacial score (nSPS) is 17.8. The summed E-state index contributed by atoms with van der Waals surface area (Å²) in [6.07, 6.45) is 3.58. The monoisotopic (exact) mass is 294 g/mol. The van der Waals surface area contributed by atoms with Gasteiger partial charge in [0.2, 0.25) is 0 Å². The van der Waals surface area contributed by atoms with Crippen LogP contribution in [0.25, 0.3) is 0 Å². The van der Waals surface area contributed by atoms with E-state index in [4.69, 9.17) is 0 Å². The molecule has 0 aromatic rings. The molecule has 1 aliphatic rings. The Bertz CT molecular complexity index is 327. The van der Waals surface area contributed by atoms with Gasteiger partial charge >= 0.3 is 0 Å². The molecule has 124 valence electrons. The Kier molecular flexibility index (Phi) is 8.59. The Morgan fingerprint density at radius 3 is 1.90 bits per heavy atom. The Morgan fingerprint density at radius 2 is 1.43 bits per heavy atom. The summed E-state index contributed by atoms with van der Waals surface area (Å²) in [6.45, 7) is 19.6. The first kappa shape index (κ1) is 20.5. The van der Waals surface area contributed by atoms with Crippen molar-refractivity contribution in [3.63, 3.8) is 0 Å². The van der Waals surface area contributed by atoms with E-state index in [1.165, 1.54) is 45.6 Å². The molecule has 1 fully saturated rings. The summed E-state index contributed by atoms with van der Waals surface area (Å²) in [5, 5.41) is 0. The molecule has 0 aliphatic carbocycles. The third-order valence-corrected chi connectivity index (χ3v) is 3.81. The Balaban J connectivity index is 0.00000400. The summed E-state index contributed by atoms with van der Waals surface area (Å²) in [4.78, 5) is 5.21. The van der Waals surface area contributed by atoms with E-state index in [1.54, 1.807) is 0 Å². The van der Waals surface area contributed by atoms with Crippen molar-refractivity contribution in [2.45, 2.75) is 73.8 Å². The molecule has 0 N–H and O–H groups in total. The van der Waals surface area contributed by atoms with E-state index in [0.717, 1.165) is 6.42 Å². The fraction of sp³-hybridized carbons (Fsp3) is 0.895. The molecule has 21 heavy (non-hydrogen) atoms. The fourth-order valence-corrected chi connectivity index (χ4v) is 2.52. The van der Waals surface area contributed by atoms with Crippen LogP contribution in [0.15, 0.2) is 0 Å². The topological polar surface area (TPSA) is 6.48 Å². The van der Waals surface area contributed by atoms with Crippen LogP contribution in [0.2, 0.25) is 0 Å². The van der Waals surface area contributed by atoms with E-state index >= 15 is 0 Å². The minimum atomic E-state index is 0. The van der Waals surface area contributed by atoms with Crippen molar-refractivity contribution in [2.24, 2.45) is 5.41 Å². The van der Waals surface area contributed by atoms with Crippen LogP contribution in [-0.2, 0) is 0 Å². The number of nitrogens with zero attached hydrogens (tertiary/aromatic N) is 2. The molecule has 2 heteroatoms. The van der Waals surface area contributed by atoms with Gasteiger partial charge in [-0.05, 0) is 60.9 Å². The highest BCUT2D eigenvalue weighted by Crippen LogP contribution is 2.16. The van der Waals surface area contributed by atoms with Crippen LogP contribution in [-0.4, -0.2) is 48.1 Å². The van der Waals surface area contributed by atoms with Crippen molar-refractivity contribution in [2.75, 3.05) is 32.7 Å². The van der Waals surface area contributed by atoms with E-state index in [1.807, 2.05) is 0 Å². The molecule has 0 radical (unpaired) electrons. The lowest BCUT2D eigenvalue weighted by Crippen LogP contribution is -2.53. The number of hydrogen-bond donors (Lipinski definition) is 0. The summed E-state index contributed by atoms with van der Waals surface area (Å²) in [7, 11) is 0. The molecule has 0 amide bonds. The largest absolute Gasteiger partial charge is 0.301 e. The molecule has 1 heterocycles. The second-order valence-corrected chi connectivity index (χ2v) is 8.01. The lowest BCUT2D eigenvalue weighted by molar-refractivity contribution is 0.0617. The SMILES string of the molecule is C.CC(C)(C)C#CCCCCN1CCN(C(C)(C)C)CC1. The lowest BCUT2D eigenvalue weighted by Gasteiger charge is -2.42. The van der Waals surface area contributed by atoms with Gasteiger partial charge in [0, 0.05) is 43.6 Å². The highest BCUT2D eigenvalue weighted by molar-refractivity contribution is 5.06. The molecule has 0 aromatic carbocycles. The fourth-order valence-electron chi connectivity index (χ4n) is 2.52. The summed E-state index contributed by atoms with van der Waals surface area (Å²) < 4.78 is 0. The van der Waals surface area contributed by atoms with Crippen LogP contribution < -0.4 is 0 Å². The number of hydrogen-bond acceptors (Lipinski definition) is 2. The van der Waals surface area contributed by atoms with Crippen LogP contribution in [0.1, 0.15) is 68.2 Å². The van der Waals surface area contributed by atoms with Crippen LogP contribution in [0, 0.1) is 17.3 Å². The molecule has 0 saturated carbocycles. The molecule has 2 nitrogen and oxygen atoms in total. The molecule has 0 unspecified atom stereocenters. The predicted octanol–water partition coefficient (Wildman–Crippen LogP) is 4.26. The zero-order chi connectivity index (χ0) is 15.2. The van der Waals surface area contributed by atoms with E-state index in [0.29, 0.717) is 5.54 Å². The van der Waals surface area contributed by atoms with Crippen molar-refractivity contribution in [3.05, 3.63) is 0 Å². The van der Waals surface area contributed by atoms with Crippen LogP contribution in [0.4, 0.5) is 0 Å². The van der Waals surface area contributed by atoms with Crippen molar-refractivity contribution in [3.8, 4) is 11.8 Å². The van der Waals surface area contributed by atoms with Gasteiger partial charge < -0.3 is 4.90 Å². The van der Waals surface area contributed by atoms with Gasteiger partial charge in [-0.1, -0.05) is 13.3 Å². The molecule has 0 bridgehead atoms.